The Balaban J connectivity index is 1.73. The quantitative estimate of drug-likeness (QED) is 0.812. The first-order valence-electron chi connectivity index (χ1n) is 6.33. The Morgan fingerprint density at radius 1 is 1.56 bits per heavy atom. The summed E-state index contributed by atoms with van der Waals surface area (Å²) in [6.07, 6.45) is 5.78. The van der Waals surface area contributed by atoms with Gasteiger partial charge in [-0.25, -0.2) is 0 Å². The van der Waals surface area contributed by atoms with E-state index >= 15 is 0 Å². The summed E-state index contributed by atoms with van der Waals surface area (Å²) in [5, 5.41) is 10.1. The fourth-order valence-electron chi connectivity index (χ4n) is 2.13. The van der Waals surface area contributed by atoms with Crippen molar-refractivity contribution >= 4 is 11.6 Å². The van der Waals surface area contributed by atoms with Crippen molar-refractivity contribution in [3.05, 3.63) is 12.4 Å². The molecule has 100 valence electrons. The molecular formula is C12H21N5O. The summed E-state index contributed by atoms with van der Waals surface area (Å²) in [5.74, 6) is 0.177. The van der Waals surface area contributed by atoms with Crippen LogP contribution in [0.4, 0.5) is 5.69 Å². The zero-order chi connectivity index (χ0) is 13.0. The summed E-state index contributed by atoms with van der Waals surface area (Å²) >= 11 is 0. The lowest BCUT2D eigenvalue weighted by atomic mass is 10.0. The van der Waals surface area contributed by atoms with Gasteiger partial charge < -0.3 is 10.2 Å². The van der Waals surface area contributed by atoms with Gasteiger partial charge in [0.2, 0.25) is 5.91 Å². The Hall–Kier alpha value is -1.56. The Kier molecular flexibility index (Phi) is 4.19. The van der Waals surface area contributed by atoms with Crippen molar-refractivity contribution in [1.82, 2.24) is 20.0 Å². The van der Waals surface area contributed by atoms with E-state index in [1.165, 1.54) is 0 Å². The summed E-state index contributed by atoms with van der Waals surface area (Å²) < 4.78 is 0. The predicted octanol–water partition coefficient (Wildman–Crippen LogP) is 0.374. The van der Waals surface area contributed by atoms with Gasteiger partial charge in [-0.15, -0.1) is 0 Å². The second kappa shape index (κ2) is 5.86. The van der Waals surface area contributed by atoms with Crippen molar-refractivity contribution in [2.75, 3.05) is 39.0 Å². The number of aromatic amines is 1. The highest BCUT2D eigenvalue weighted by Gasteiger charge is 2.21. The molecule has 2 N–H and O–H groups in total. The third kappa shape index (κ3) is 3.46. The number of likely N-dealkylation sites (tertiary alicyclic amines) is 1. The predicted molar refractivity (Wildman–Crippen MR) is 70.4 cm³/mol. The zero-order valence-corrected chi connectivity index (χ0v) is 11.0. The number of likely N-dealkylation sites (N-methyl/N-ethyl adjacent to an activating group) is 1. The first kappa shape index (κ1) is 12.9. The number of nitrogens with zero attached hydrogens (tertiary/aromatic N) is 3. The summed E-state index contributed by atoms with van der Waals surface area (Å²) in [7, 11) is 3.60. The Labute approximate surface area is 107 Å². The average Bonchev–Trinajstić information content (AvgIpc) is 2.84. The number of anilines is 1. The van der Waals surface area contributed by atoms with Gasteiger partial charge in [-0.05, 0) is 12.8 Å². The van der Waals surface area contributed by atoms with Gasteiger partial charge in [-0.3, -0.25) is 14.8 Å². The molecule has 6 heteroatoms. The van der Waals surface area contributed by atoms with Crippen molar-refractivity contribution in [3.8, 4) is 0 Å². The lowest BCUT2D eigenvalue weighted by molar-refractivity contribution is -0.130. The molecular weight excluding hydrogens is 230 g/mol. The maximum absolute atomic E-state index is 11.6. The Bertz CT molecular complexity index is 368. The molecule has 1 saturated heterocycles. The minimum atomic E-state index is 0.177. The molecule has 0 radical (unpaired) electrons. The lowest BCUT2D eigenvalue weighted by Gasteiger charge is -2.32. The van der Waals surface area contributed by atoms with Crippen LogP contribution < -0.4 is 5.32 Å². The second-order valence-electron chi connectivity index (χ2n) is 4.97. The maximum Gasteiger partial charge on any atom is 0.236 e. The van der Waals surface area contributed by atoms with Crippen LogP contribution in [0.5, 0.6) is 0 Å². The molecule has 0 aliphatic carbocycles. The van der Waals surface area contributed by atoms with Crippen molar-refractivity contribution in [1.29, 1.82) is 0 Å². The maximum atomic E-state index is 11.6. The van der Waals surface area contributed by atoms with Crippen molar-refractivity contribution in [3.63, 3.8) is 0 Å². The lowest BCUT2D eigenvalue weighted by Crippen LogP contribution is -2.43. The van der Waals surface area contributed by atoms with E-state index in [4.69, 9.17) is 0 Å². The molecule has 1 fully saturated rings. The van der Waals surface area contributed by atoms with Crippen LogP contribution in [0.15, 0.2) is 12.4 Å². The standard InChI is InChI=1S/C12H21N5O/c1-16(2)12(18)9-17-5-3-10(4-6-17)15-11-7-13-14-8-11/h7-8,10,15H,3-6,9H2,1-2H3,(H,13,14). The van der Waals surface area contributed by atoms with Gasteiger partial charge in [0, 0.05) is 39.4 Å². The number of carbonyl (C=O) groups is 1. The van der Waals surface area contributed by atoms with Crippen molar-refractivity contribution < 1.29 is 4.79 Å². The van der Waals surface area contributed by atoms with E-state index in [2.05, 4.69) is 20.4 Å². The first-order chi connectivity index (χ1) is 8.65. The number of amides is 1. The van der Waals surface area contributed by atoms with Gasteiger partial charge in [-0.2, -0.15) is 5.10 Å². The van der Waals surface area contributed by atoms with Crippen molar-refractivity contribution in [2.45, 2.75) is 18.9 Å². The van der Waals surface area contributed by atoms with E-state index in [0.717, 1.165) is 31.6 Å². The molecule has 0 atom stereocenters. The van der Waals surface area contributed by atoms with Crippen LogP contribution in [0, 0.1) is 0 Å². The van der Waals surface area contributed by atoms with Crippen LogP contribution >= 0.6 is 0 Å². The summed E-state index contributed by atoms with van der Waals surface area (Å²) in [6, 6.07) is 0.480. The number of hydrogen-bond donors (Lipinski definition) is 2. The molecule has 0 aromatic carbocycles. The minimum Gasteiger partial charge on any atom is -0.380 e. The fraction of sp³-hybridized carbons (Fsp3) is 0.667. The zero-order valence-electron chi connectivity index (χ0n) is 11.0. The normalized spacial score (nSPS) is 17.7. The molecule has 0 unspecified atom stereocenters. The summed E-state index contributed by atoms with van der Waals surface area (Å²) in [4.78, 5) is 15.5. The molecule has 0 bridgehead atoms. The van der Waals surface area contributed by atoms with Gasteiger partial charge in [0.25, 0.3) is 0 Å². The molecule has 1 aromatic rings. The van der Waals surface area contributed by atoms with Crippen LogP contribution in [0.1, 0.15) is 12.8 Å². The number of H-pyrrole nitrogens is 1. The van der Waals surface area contributed by atoms with Crippen LogP contribution in [0.3, 0.4) is 0 Å². The van der Waals surface area contributed by atoms with Crippen LogP contribution in [-0.2, 0) is 4.79 Å². The van der Waals surface area contributed by atoms with E-state index in [1.807, 2.05) is 6.20 Å². The molecule has 0 saturated carbocycles. The molecule has 1 aromatic heterocycles. The minimum absolute atomic E-state index is 0.177. The number of aromatic nitrogens is 2. The number of piperidine rings is 1. The molecule has 6 nitrogen and oxygen atoms in total. The number of hydrogen-bond acceptors (Lipinski definition) is 4. The molecule has 1 aliphatic rings. The van der Waals surface area contributed by atoms with Gasteiger partial charge in [-0.1, -0.05) is 0 Å². The molecule has 2 rings (SSSR count). The van der Waals surface area contributed by atoms with E-state index in [-0.39, 0.29) is 5.91 Å². The highest BCUT2D eigenvalue weighted by Crippen LogP contribution is 2.15. The molecule has 1 amide bonds. The topological polar surface area (TPSA) is 64.3 Å². The molecule has 2 heterocycles. The number of nitrogens with one attached hydrogen (secondary N) is 2. The highest BCUT2D eigenvalue weighted by atomic mass is 16.2. The van der Waals surface area contributed by atoms with Crippen LogP contribution in [-0.4, -0.2) is 65.7 Å². The van der Waals surface area contributed by atoms with E-state index in [9.17, 15) is 4.79 Å². The third-order valence-electron chi connectivity index (χ3n) is 3.31. The SMILES string of the molecule is CN(C)C(=O)CN1CCC(Nc2cn[nH]c2)CC1. The van der Waals surface area contributed by atoms with Crippen LogP contribution in [0.25, 0.3) is 0 Å². The van der Waals surface area contributed by atoms with E-state index < -0.39 is 0 Å². The number of rotatable bonds is 4. The Morgan fingerprint density at radius 3 is 2.83 bits per heavy atom. The summed E-state index contributed by atoms with van der Waals surface area (Å²) in [5.41, 5.74) is 1.04. The van der Waals surface area contributed by atoms with E-state index in [0.29, 0.717) is 12.6 Å². The monoisotopic (exact) mass is 251 g/mol. The van der Waals surface area contributed by atoms with Gasteiger partial charge in [0.1, 0.15) is 0 Å². The average molecular weight is 251 g/mol. The Morgan fingerprint density at radius 2 is 2.28 bits per heavy atom. The molecule has 1 aliphatic heterocycles. The second-order valence-corrected chi connectivity index (χ2v) is 4.97. The van der Waals surface area contributed by atoms with E-state index in [1.54, 1.807) is 25.2 Å². The van der Waals surface area contributed by atoms with Gasteiger partial charge in [0.05, 0.1) is 18.4 Å². The molecule has 0 spiro atoms. The molecule has 18 heavy (non-hydrogen) atoms. The smallest absolute Gasteiger partial charge is 0.236 e. The van der Waals surface area contributed by atoms with Crippen molar-refractivity contribution in [2.24, 2.45) is 0 Å². The number of carbonyl (C=O) groups excluding carboxylic acids is 1. The third-order valence-corrected chi connectivity index (χ3v) is 3.31. The largest absolute Gasteiger partial charge is 0.380 e. The van der Waals surface area contributed by atoms with Crippen LogP contribution in [0.2, 0.25) is 0 Å². The van der Waals surface area contributed by atoms with Gasteiger partial charge >= 0.3 is 0 Å². The van der Waals surface area contributed by atoms with Gasteiger partial charge in [0.15, 0.2) is 0 Å². The highest BCUT2D eigenvalue weighted by molar-refractivity contribution is 5.77. The fourth-order valence-corrected chi connectivity index (χ4v) is 2.13. The first-order valence-corrected chi connectivity index (χ1v) is 6.33. The summed E-state index contributed by atoms with van der Waals surface area (Å²) in [6.45, 7) is 2.47.